The summed E-state index contributed by atoms with van der Waals surface area (Å²) < 4.78 is 29.6. The van der Waals surface area contributed by atoms with Gasteiger partial charge in [0, 0.05) is 17.1 Å². The predicted molar refractivity (Wildman–Crippen MR) is 85.2 cm³/mol. The zero-order valence-corrected chi connectivity index (χ0v) is 14.4. The standard InChI is InChI=1S/C14H20BrNO4S/c1-9(2)16-6-10-5-11(3-4-12(10)15)20-14-8-21(18,19)7-13(14)17/h3-5,9,13-14,16-17H,6-8H2,1-2H3. The Balaban J connectivity index is 2.09. The highest BCUT2D eigenvalue weighted by atomic mass is 79.9. The SMILES string of the molecule is CC(C)NCc1cc(OC2CS(=O)(=O)CC2O)ccc1Br. The molecule has 5 nitrogen and oxygen atoms in total. The summed E-state index contributed by atoms with van der Waals surface area (Å²) >= 11 is 3.48. The van der Waals surface area contributed by atoms with Crippen molar-refractivity contribution in [2.24, 2.45) is 0 Å². The van der Waals surface area contributed by atoms with Crippen molar-refractivity contribution in [2.75, 3.05) is 11.5 Å². The Kier molecular flexibility index (Phi) is 5.29. The molecule has 118 valence electrons. The van der Waals surface area contributed by atoms with Crippen molar-refractivity contribution >= 4 is 25.8 Å². The van der Waals surface area contributed by atoms with Crippen molar-refractivity contribution < 1.29 is 18.3 Å². The summed E-state index contributed by atoms with van der Waals surface area (Å²) in [6.07, 6.45) is -1.65. The van der Waals surface area contributed by atoms with Gasteiger partial charge in [-0.25, -0.2) is 8.42 Å². The molecule has 2 rings (SSSR count). The van der Waals surface area contributed by atoms with Crippen molar-refractivity contribution in [3.05, 3.63) is 28.2 Å². The van der Waals surface area contributed by atoms with Crippen LogP contribution in [-0.4, -0.2) is 43.3 Å². The third-order valence-electron chi connectivity index (χ3n) is 3.28. The maximum Gasteiger partial charge on any atom is 0.156 e. The van der Waals surface area contributed by atoms with Gasteiger partial charge in [0.25, 0.3) is 0 Å². The first-order chi connectivity index (χ1) is 9.77. The lowest BCUT2D eigenvalue weighted by atomic mass is 10.2. The number of aliphatic hydroxyl groups excluding tert-OH is 1. The van der Waals surface area contributed by atoms with Crippen molar-refractivity contribution in [2.45, 2.75) is 38.6 Å². The molecule has 21 heavy (non-hydrogen) atoms. The third-order valence-corrected chi connectivity index (χ3v) is 5.74. The van der Waals surface area contributed by atoms with E-state index >= 15 is 0 Å². The van der Waals surface area contributed by atoms with E-state index in [0.29, 0.717) is 18.3 Å². The van der Waals surface area contributed by atoms with Crippen LogP contribution in [0.4, 0.5) is 0 Å². The molecule has 2 N–H and O–H groups in total. The average molecular weight is 378 g/mol. The molecular formula is C14H20BrNO4S. The van der Waals surface area contributed by atoms with E-state index in [1.165, 1.54) is 0 Å². The van der Waals surface area contributed by atoms with E-state index in [4.69, 9.17) is 4.74 Å². The van der Waals surface area contributed by atoms with E-state index < -0.39 is 22.0 Å². The molecule has 0 bridgehead atoms. The summed E-state index contributed by atoms with van der Waals surface area (Å²) in [5, 5.41) is 13.1. The van der Waals surface area contributed by atoms with Gasteiger partial charge in [-0.1, -0.05) is 29.8 Å². The Morgan fingerprint density at radius 3 is 2.71 bits per heavy atom. The maximum atomic E-state index is 11.5. The Morgan fingerprint density at radius 2 is 2.14 bits per heavy atom. The number of ether oxygens (including phenoxy) is 1. The zero-order valence-electron chi connectivity index (χ0n) is 12.0. The summed E-state index contributed by atoms with van der Waals surface area (Å²) in [7, 11) is -3.20. The van der Waals surface area contributed by atoms with Gasteiger partial charge in [0.15, 0.2) is 9.84 Å². The summed E-state index contributed by atoms with van der Waals surface area (Å²) in [4.78, 5) is 0. The number of rotatable bonds is 5. The number of sulfone groups is 1. The van der Waals surface area contributed by atoms with Crippen LogP contribution in [0.1, 0.15) is 19.4 Å². The van der Waals surface area contributed by atoms with E-state index in [0.717, 1.165) is 10.0 Å². The molecular weight excluding hydrogens is 358 g/mol. The summed E-state index contributed by atoms with van der Waals surface area (Å²) in [6.45, 7) is 4.81. The highest BCUT2D eigenvalue weighted by Crippen LogP contribution is 2.25. The first kappa shape index (κ1) is 16.7. The lowest BCUT2D eigenvalue weighted by Crippen LogP contribution is -2.29. The number of benzene rings is 1. The summed E-state index contributed by atoms with van der Waals surface area (Å²) in [5.41, 5.74) is 1.02. The first-order valence-electron chi connectivity index (χ1n) is 6.84. The van der Waals surface area contributed by atoms with Gasteiger partial charge >= 0.3 is 0 Å². The second-order valence-electron chi connectivity index (χ2n) is 5.59. The molecule has 1 saturated heterocycles. The van der Waals surface area contributed by atoms with Gasteiger partial charge in [0.1, 0.15) is 18.0 Å². The second kappa shape index (κ2) is 6.64. The van der Waals surface area contributed by atoms with Crippen LogP contribution in [0, 0.1) is 0 Å². The molecule has 1 aliphatic heterocycles. The van der Waals surface area contributed by atoms with Gasteiger partial charge in [-0.3, -0.25) is 0 Å². The van der Waals surface area contributed by atoms with Crippen LogP contribution in [0.3, 0.4) is 0 Å². The van der Waals surface area contributed by atoms with E-state index in [1.807, 2.05) is 12.1 Å². The fourth-order valence-electron chi connectivity index (χ4n) is 2.16. The fraction of sp³-hybridized carbons (Fsp3) is 0.571. The minimum absolute atomic E-state index is 0.135. The van der Waals surface area contributed by atoms with Crippen molar-refractivity contribution in [1.29, 1.82) is 0 Å². The van der Waals surface area contributed by atoms with Crippen molar-refractivity contribution in [3.8, 4) is 5.75 Å². The first-order valence-corrected chi connectivity index (χ1v) is 9.45. The predicted octanol–water partition coefficient (Wildman–Crippen LogP) is 1.48. The molecule has 7 heteroatoms. The molecule has 1 aromatic carbocycles. The fourth-order valence-corrected chi connectivity index (χ4v) is 4.21. The number of halogens is 1. The number of aliphatic hydroxyl groups is 1. The van der Waals surface area contributed by atoms with Crippen LogP contribution in [-0.2, 0) is 16.4 Å². The van der Waals surface area contributed by atoms with Gasteiger partial charge < -0.3 is 15.2 Å². The molecule has 0 amide bonds. The van der Waals surface area contributed by atoms with Crippen molar-refractivity contribution in [3.63, 3.8) is 0 Å². The van der Waals surface area contributed by atoms with Crippen LogP contribution in [0.25, 0.3) is 0 Å². The van der Waals surface area contributed by atoms with Gasteiger partial charge in [-0.15, -0.1) is 0 Å². The van der Waals surface area contributed by atoms with E-state index in [1.54, 1.807) is 6.07 Å². The minimum atomic E-state index is -3.20. The largest absolute Gasteiger partial charge is 0.487 e. The zero-order chi connectivity index (χ0) is 15.6. The Bertz CT molecular complexity index is 603. The topological polar surface area (TPSA) is 75.6 Å². The number of hydrogen-bond donors (Lipinski definition) is 2. The molecule has 1 aromatic rings. The van der Waals surface area contributed by atoms with Crippen LogP contribution >= 0.6 is 15.9 Å². The molecule has 2 atom stereocenters. The Labute approximate surface area is 133 Å². The lowest BCUT2D eigenvalue weighted by molar-refractivity contribution is 0.0737. The highest BCUT2D eigenvalue weighted by molar-refractivity contribution is 9.10. The number of nitrogens with one attached hydrogen (secondary N) is 1. The molecule has 1 heterocycles. The molecule has 1 aliphatic rings. The van der Waals surface area contributed by atoms with Crippen LogP contribution in [0.5, 0.6) is 5.75 Å². The smallest absolute Gasteiger partial charge is 0.156 e. The summed E-state index contributed by atoms with van der Waals surface area (Å²) in [6, 6.07) is 5.85. The Morgan fingerprint density at radius 1 is 1.43 bits per heavy atom. The van der Waals surface area contributed by atoms with Gasteiger partial charge in [-0.2, -0.15) is 0 Å². The van der Waals surface area contributed by atoms with E-state index in [2.05, 4.69) is 35.1 Å². The third kappa shape index (κ3) is 4.67. The average Bonchev–Trinajstić information content (AvgIpc) is 2.62. The molecule has 2 unspecified atom stereocenters. The summed E-state index contributed by atoms with van der Waals surface area (Å²) in [5.74, 6) is 0.208. The number of hydrogen-bond acceptors (Lipinski definition) is 5. The van der Waals surface area contributed by atoms with Gasteiger partial charge in [-0.05, 0) is 23.8 Å². The van der Waals surface area contributed by atoms with Gasteiger partial charge in [0.2, 0.25) is 0 Å². The van der Waals surface area contributed by atoms with E-state index in [-0.39, 0.29) is 11.5 Å². The molecule has 0 saturated carbocycles. The maximum absolute atomic E-state index is 11.5. The molecule has 0 radical (unpaired) electrons. The quantitative estimate of drug-likeness (QED) is 0.812. The van der Waals surface area contributed by atoms with Crippen molar-refractivity contribution in [1.82, 2.24) is 5.32 Å². The lowest BCUT2D eigenvalue weighted by Gasteiger charge is -2.17. The molecule has 0 aromatic heterocycles. The second-order valence-corrected chi connectivity index (χ2v) is 8.60. The van der Waals surface area contributed by atoms with Crippen LogP contribution in [0.2, 0.25) is 0 Å². The Hall–Kier alpha value is -0.630. The highest BCUT2D eigenvalue weighted by Gasteiger charge is 2.38. The van der Waals surface area contributed by atoms with E-state index in [9.17, 15) is 13.5 Å². The molecule has 0 spiro atoms. The normalized spacial score (nSPS) is 24.4. The minimum Gasteiger partial charge on any atom is -0.487 e. The molecule has 0 aliphatic carbocycles. The monoisotopic (exact) mass is 377 g/mol. The van der Waals surface area contributed by atoms with Crippen LogP contribution in [0.15, 0.2) is 22.7 Å². The molecule has 1 fully saturated rings. The van der Waals surface area contributed by atoms with Crippen LogP contribution < -0.4 is 10.1 Å². The van der Waals surface area contributed by atoms with Gasteiger partial charge in [0.05, 0.1) is 11.5 Å².